The van der Waals surface area contributed by atoms with E-state index in [1.165, 1.54) is 17.5 Å². The fourth-order valence-corrected chi connectivity index (χ4v) is 3.55. The minimum atomic E-state index is -0.0252. The quantitative estimate of drug-likeness (QED) is 0.793. The smallest absolute Gasteiger partial charge is 0.157 e. The van der Waals surface area contributed by atoms with Crippen molar-refractivity contribution in [2.45, 2.75) is 44.4 Å². The molecule has 0 aromatic heterocycles. The van der Waals surface area contributed by atoms with Crippen molar-refractivity contribution < 1.29 is 14.6 Å². The Morgan fingerprint density at radius 2 is 2.14 bits per heavy atom. The topological polar surface area (TPSA) is 50.7 Å². The third-order valence-electron chi connectivity index (χ3n) is 4.79. The fourth-order valence-electron chi connectivity index (χ4n) is 3.55. The monoisotopic (exact) mass is 305 g/mol. The number of hydrogen-bond acceptors (Lipinski definition) is 4. The van der Waals surface area contributed by atoms with Crippen LogP contribution in [0, 0.1) is 5.92 Å². The van der Waals surface area contributed by atoms with E-state index in [2.05, 4.69) is 29.6 Å². The van der Waals surface area contributed by atoms with Gasteiger partial charge >= 0.3 is 0 Å². The van der Waals surface area contributed by atoms with E-state index in [1.54, 1.807) is 0 Å². The highest BCUT2D eigenvalue weighted by atomic mass is 16.7. The van der Waals surface area contributed by atoms with Crippen molar-refractivity contribution in [3.8, 4) is 0 Å². The van der Waals surface area contributed by atoms with Gasteiger partial charge in [0.15, 0.2) is 6.29 Å². The van der Waals surface area contributed by atoms with Gasteiger partial charge in [-0.1, -0.05) is 24.3 Å². The molecule has 1 heterocycles. The summed E-state index contributed by atoms with van der Waals surface area (Å²) in [6.45, 7) is 2.50. The molecule has 4 heteroatoms. The molecule has 0 bridgehead atoms. The highest BCUT2D eigenvalue weighted by Gasteiger charge is 2.28. The first-order chi connectivity index (χ1) is 10.9. The van der Waals surface area contributed by atoms with Crippen LogP contribution in [-0.2, 0) is 15.9 Å². The summed E-state index contributed by atoms with van der Waals surface area (Å²) in [5.41, 5.74) is 2.74. The molecule has 0 saturated carbocycles. The van der Waals surface area contributed by atoms with Gasteiger partial charge in [0.1, 0.15) is 0 Å². The SMILES string of the molecule is OC[C@@H]1CCc2ccccc2[C@H]1NCCO[C@H]1CCCCO1. The summed E-state index contributed by atoms with van der Waals surface area (Å²) in [4.78, 5) is 0. The average Bonchev–Trinajstić information content (AvgIpc) is 2.59. The average molecular weight is 305 g/mol. The number of nitrogens with one attached hydrogen (secondary N) is 1. The van der Waals surface area contributed by atoms with Crippen molar-refractivity contribution in [2.75, 3.05) is 26.4 Å². The molecule has 2 N–H and O–H groups in total. The standard InChI is InChI=1S/C18H27NO3/c20-13-15-9-8-14-5-1-2-6-16(14)18(15)19-10-12-22-17-7-3-4-11-21-17/h1-2,5-6,15,17-20H,3-4,7-13H2/t15-,17-,18-/m0/s1. The van der Waals surface area contributed by atoms with E-state index in [9.17, 15) is 5.11 Å². The first-order valence-electron chi connectivity index (χ1n) is 8.53. The third kappa shape index (κ3) is 3.87. The number of ether oxygens (including phenoxy) is 2. The molecular weight excluding hydrogens is 278 g/mol. The molecule has 0 amide bonds. The molecule has 1 aliphatic heterocycles. The van der Waals surface area contributed by atoms with Crippen LogP contribution in [0.5, 0.6) is 0 Å². The molecule has 1 aromatic carbocycles. The van der Waals surface area contributed by atoms with Gasteiger partial charge in [0.25, 0.3) is 0 Å². The molecule has 1 aliphatic carbocycles. The van der Waals surface area contributed by atoms with Crippen LogP contribution < -0.4 is 5.32 Å². The fraction of sp³-hybridized carbons (Fsp3) is 0.667. The summed E-state index contributed by atoms with van der Waals surface area (Å²) in [6.07, 6.45) is 5.42. The van der Waals surface area contributed by atoms with E-state index in [1.807, 2.05) is 0 Å². The molecule has 3 rings (SSSR count). The number of aliphatic hydroxyl groups excluding tert-OH is 1. The largest absolute Gasteiger partial charge is 0.396 e. The van der Waals surface area contributed by atoms with E-state index in [0.29, 0.717) is 12.5 Å². The van der Waals surface area contributed by atoms with Crippen molar-refractivity contribution in [3.63, 3.8) is 0 Å². The number of rotatable bonds is 6. The van der Waals surface area contributed by atoms with Crippen LogP contribution in [0.3, 0.4) is 0 Å². The van der Waals surface area contributed by atoms with Crippen molar-refractivity contribution in [1.29, 1.82) is 0 Å². The van der Waals surface area contributed by atoms with Crippen LogP contribution in [0.2, 0.25) is 0 Å². The van der Waals surface area contributed by atoms with Crippen LogP contribution in [0.25, 0.3) is 0 Å². The van der Waals surface area contributed by atoms with Crippen molar-refractivity contribution in [1.82, 2.24) is 5.32 Å². The molecule has 0 unspecified atom stereocenters. The van der Waals surface area contributed by atoms with E-state index >= 15 is 0 Å². The predicted molar refractivity (Wildman–Crippen MR) is 85.6 cm³/mol. The lowest BCUT2D eigenvalue weighted by Crippen LogP contribution is -2.36. The molecule has 1 aromatic rings. The van der Waals surface area contributed by atoms with Gasteiger partial charge in [-0.05, 0) is 43.2 Å². The lowest BCUT2D eigenvalue weighted by atomic mass is 9.80. The highest BCUT2D eigenvalue weighted by Crippen LogP contribution is 2.33. The minimum Gasteiger partial charge on any atom is -0.396 e. The van der Waals surface area contributed by atoms with E-state index in [-0.39, 0.29) is 18.9 Å². The number of fused-ring (bicyclic) bond motifs is 1. The lowest BCUT2D eigenvalue weighted by molar-refractivity contribution is -0.161. The number of benzene rings is 1. The maximum absolute atomic E-state index is 9.66. The molecule has 122 valence electrons. The lowest BCUT2D eigenvalue weighted by Gasteiger charge is -2.33. The maximum Gasteiger partial charge on any atom is 0.157 e. The second kappa shape index (κ2) is 8.06. The van der Waals surface area contributed by atoms with E-state index in [0.717, 1.165) is 38.8 Å². The van der Waals surface area contributed by atoms with E-state index in [4.69, 9.17) is 9.47 Å². The van der Waals surface area contributed by atoms with Crippen LogP contribution in [-0.4, -0.2) is 37.8 Å². The number of aryl methyl sites for hydroxylation is 1. The molecule has 1 saturated heterocycles. The summed E-state index contributed by atoms with van der Waals surface area (Å²) >= 11 is 0. The molecular formula is C18H27NO3. The van der Waals surface area contributed by atoms with Crippen molar-refractivity contribution in [3.05, 3.63) is 35.4 Å². The molecule has 22 heavy (non-hydrogen) atoms. The van der Waals surface area contributed by atoms with Crippen molar-refractivity contribution >= 4 is 0 Å². The molecule has 2 aliphatic rings. The number of aliphatic hydroxyl groups is 1. The van der Waals surface area contributed by atoms with Gasteiger partial charge < -0.3 is 19.9 Å². The minimum absolute atomic E-state index is 0.0252. The summed E-state index contributed by atoms with van der Waals surface area (Å²) in [5, 5.41) is 13.2. The van der Waals surface area contributed by atoms with Gasteiger partial charge in [-0.2, -0.15) is 0 Å². The first-order valence-corrected chi connectivity index (χ1v) is 8.53. The van der Waals surface area contributed by atoms with E-state index < -0.39 is 0 Å². The van der Waals surface area contributed by atoms with Crippen molar-refractivity contribution in [2.24, 2.45) is 5.92 Å². The predicted octanol–water partition coefficient (Wildman–Crippen LogP) is 2.42. The zero-order valence-electron chi connectivity index (χ0n) is 13.2. The molecule has 0 radical (unpaired) electrons. The second-order valence-corrected chi connectivity index (χ2v) is 6.28. The molecule has 3 atom stereocenters. The number of hydrogen-bond donors (Lipinski definition) is 2. The van der Waals surface area contributed by atoms with Crippen LogP contribution in [0.4, 0.5) is 0 Å². The maximum atomic E-state index is 9.66. The molecule has 0 spiro atoms. The Balaban J connectivity index is 1.51. The van der Waals surface area contributed by atoms with Gasteiger partial charge in [-0.3, -0.25) is 0 Å². The molecule has 4 nitrogen and oxygen atoms in total. The van der Waals surface area contributed by atoms with Gasteiger partial charge in [-0.25, -0.2) is 0 Å². The Kier molecular flexibility index (Phi) is 5.84. The van der Waals surface area contributed by atoms with Gasteiger partial charge in [-0.15, -0.1) is 0 Å². The Morgan fingerprint density at radius 1 is 1.23 bits per heavy atom. The third-order valence-corrected chi connectivity index (χ3v) is 4.79. The van der Waals surface area contributed by atoms with Gasteiger partial charge in [0, 0.05) is 31.7 Å². The van der Waals surface area contributed by atoms with Gasteiger partial charge in [0.2, 0.25) is 0 Å². The Labute approximate surface area is 132 Å². The summed E-state index contributed by atoms with van der Waals surface area (Å²) in [6, 6.07) is 8.79. The Morgan fingerprint density at radius 3 is 2.95 bits per heavy atom. The first kappa shape index (κ1) is 15.9. The van der Waals surface area contributed by atoms with Crippen LogP contribution in [0.15, 0.2) is 24.3 Å². The second-order valence-electron chi connectivity index (χ2n) is 6.28. The summed E-state index contributed by atoms with van der Waals surface area (Å²) < 4.78 is 11.4. The summed E-state index contributed by atoms with van der Waals surface area (Å²) in [5.74, 6) is 0.292. The highest BCUT2D eigenvalue weighted by molar-refractivity contribution is 5.33. The van der Waals surface area contributed by atoms with Crippen LogP contribution in [0.1, 0.15) is 42.9 Å². The zero-order chi connectivity index (χ0) is 15.2. The summed E-state index contributed by atoms with van der Waals surface area (Å²) in [7, 11) is 0. The normalized spacial score (nSPS) is 28.3. The Bertz CT molecular complexity index is 459. The van der Waals surface area contributed by atoms with Crippen LogP contribution >= 0.6 is 0 Å². The van der Waals surface area contributed by atoms with Gasteiger partial charge in [0.05, 0.1) is 6.61 Å². The Hall–Kier alpha value is -0.940. The zero-order valence-corrected chi connectivity index (χ0v) is 13.2. The molecule has 1 fully saturated rings.